The van der Waals surface area contributed by atoms with Gasteiger partial charge in [0.05, 0.1) is 26.0 Å². The first-order valence-corrected chi connectivity index (χ1v) is 4.72. The number of hydrogen-bond donors (Lipinski definition) is 0. The third-order valence-electron chi connectivity index (χ3n) is 2.24. The van der Waals surface area contributed by atoms with Crippen molar-refractivity contribution in [1.82, 2.24) is 4.90 Å². The van der Waals surface area contributed by atoms with E-state index in [1.807, 2.05) is 0 Å². The zero-order valence-electron chi connectivity index (χ0n) is 7.94. The van der Waals surface area contributed by atoms with Crippen molar-refractivity contribution >= 4 is 0 Å². The fraction of sp³-hybridized carbons (Fsp3) is 0.500. The van der Waals surface area contributed by atoms with Gasteiger partial charge < -0.3 is 9.15 Å². The minimum atomic E-state index is -0.000454. The van der Waals surface area contributed by atoms with Crippen LogP contribution in [0.4, 0.5) is 0 Å². The molecule has 0 unspecified atom stereocenters. The van der Waals surface area contributed by atoms with Gasteiger partial charge in [-0.15, -0.1) is 0 Å². The van der Waals surface area contributed by atoms with Crippen LogP contribution in [0.5, 0.6) is 0 Å². The molecule has 0 saturated carbocycles. The highest BCUT2D eigenvalue weighted by molar-refractivity contribution is 4.99. The van der Waals surface area contributed by atoms with Gasteiger partial charge in [-0.2, -0.15) is 0 Å². The summed E-state index contributed by atoms with van der Waals surface area (Å²) in [6, 6.07) is 2.96. The molecule has 0 radical (unpaired) electrons. The molecular formula is C10H13NO3. The predicted molar refractivity (Wildman–Crippen MR) is 51.1 cm³/mol. The Morgan fingerprint density at radius 1 is 1.36 bits per heavy atom. The van der Waals surface area contributed by atoms with Crippen LogP contribution >= 0.6 is 0 Å². The van der Waals surface area contributed by atoms with Crippen molar-refractivity contribution in [1.29, 1.82) is 0 Å². The molecule has 1 aromatic rings. The zero-order chi connectivity index (χ0) is 9.80. The van der Waals surface area contributed by atoms with E-state index in [9.17, 15) is 4.79 Å². The Labute approximate surface area is 82.1 Å². The van der Waals surface area contributed by atoms with Crippen molar-refractivity contribution < 1.29 is 9.15 Å². The highest BCUT2D eigenvalue weighted by Gasteiger charge is 2.11. The SMILES string of the molecule is O=c1ccoc(CN2CCOCC2)c1. The van der Waals surface area contributed by atoms with Gasteiger partial charge in [-0.25, -0.2) is 0 Å². The van der Waals surface area contributed by atoms with Crippen LogP contribution in [0, 0.1) is 0 Å². The van der Waals surface area contributed by atoms with Crippen LogP contribution < -0.4 is 5.43 Å². The topological polar surface area (TPSA) is 42.7 Å². The molecule has 0 aromatic carbocycles. The van der Waals surface area contributed by atoms with E-state index in [2.05, 4.69) is 4.90 Å². The van der Waals surface area contributed by atoms with Crippen LogP contribution in [0.15, 0.2) is 27.6 Å². The summed E-state index contributed by atoms with van der Waals surface area (Å²) in [6.45, 7) is 4.02. The quantitative estimate of drug-likeness (QED) is 0.688. The maximum atomic E-state index is 11.0. The smallest absolute Gasteiger partial charge is 0.185 e. The summed E-state index contributed by atoms with van der Waals surface area (Å²) < 4.78 is 10.5. The Kier molecular flexibility index (Phi) is 2.96. The third-order valence-corrected chi connectivity index (χ3v) is 2.24. The Bertz CT molecular complexity index is 341. The molecule has 76 valence electrons. The van der Waals surface area contributed by atoms with Crippen LogP contribution in [0.1, 0.15) is 5.76 Å². The Morgan fingerprint density at radius 2 is 2.14 bits per heavy atom. The average Bonchev–Trinajstić information content (AvgIpc) is 2.19. The molecule has 1 fully saturated rings. The minimum Gasteiger partial charge on any atom is -0.468 e. The lowest BCUT2D eigenvalue weighted by Crippen LogP contribution is -2.35. The van der Waals surface area contributed by atoms with Gasteiger partial charge in [0.2, 0.25) is 0 Å². The van der Waals surface area contributed by atoms with Crippen LogP contribution in [-0.4, -0.2) is 31.2 Å². The van der Waals surface area contributed by atoms with E-state index in [4.69, 9.17) is 9.15 Å². The summed E-state index contributed by atoms with van der Waals surface area (Å²) in [6.07, 6.45) is 1.44. The number of nitrogens with zero attached hydrogens (tertiary/aromatic N) is 1. The molecule has 1 saturated heterocycles. The molecule has 0 bridgehead atoms. The van der Waals surface area contributed by atoms with Gasteiger partial charge in [0.25, 0.3) is 0 Å². The van der Waals surface area contributed by atoms with Gasteiger partial charge in [-0.3, -0.25) is 9.69 Å². The van der Waals surface area contributed by atoms with E-state index >= 15 is 0 Å². The monoisotopic (exact) mass is 195 g/mol. The molecule has 4 heteroatoms. The standard InChI is InChI=1S/C10H13NO3/c12-9-1-4-14-10(7-9)8-11-2-5-13-6-3-11/h1,4,7H,2-3,5-6,8H2. The summed E-state index contributed by atoms with van der Waals surface area (Å²) in [7, 11) is 0. The molecule has 1 aliphatic rings. The van der Waals surface area contributed by atoms with E-state index in [0.717, 1.165) is 32.1 Å². The summed E-state index contributed by atoms with van der Waals surface area (Å²) in [4.78, 5) is 13.2. The van der Waals surface area contributed by atoms with Crippen molar-refractivity contribution in [2.75, 3.05) is 26.3 Å². The molecule has 1 aliphatic heterocycles. The summed E-state index contributed by atoms with van der Waals surface area (Å²) >= 11 is 0. The molecule has 0 spiro atoms. The van der Waals surface area contributed by atoms with E-state index in [1.165, 1.54) is 18.4 Å². The summed E-state index contributed by atoms with van der Waals surface area (Å²) in [5, 5.41) is 0. The van der Waals surface area contributed by atoms with Gasteiger partial charge >= 0.3 is 0 Å². The van der Waals surface area contributed by atoms with E-state index in [-0.39, 0.29) is 5.43 Å². The predicted octanol–water partition coefficient (Wildman–Crippen LogP) is 0.472. The van der Waals surface area contributed by atoms with Gasteiger partial charge in [0.15, 0.2) is 5.43 Å². The lowest BCUT2D eigenvalue weighted by Gasteiger charge is -2.25. The fourth-order valence-corrected chi connectivity index (χ4v) is 1.49. The number of ether oxygens (including phenoxy) is 1. The molecule has 14 heavy (non-hydrogen) atoms. The molecule has 4 nitrogen and oxygen atoms in total. The average molecular weight is 195 g/mol. The lowest BCUT2D eigenvalue weighted by molar-refractivity contribution is 0.0311. The normalized spacial score (nSPS) is 18.3. The summed E-state index contributed by atoms with van der Waals surface area (Å²) in [5.74, 6) is 0.722. The van der Waals surface area contributed by atoms with Crippen molar-refractivity contribution in [2.45, 2.75) is 6.54 Å². The van der Waals surface area contributed by atoms with E-state index in [1.54, 1.807) is 0 Å². The molecule has 0 amide bonds. The maximum Gasteiger partial charge on any atom is 0.185 e. The second-order valence-electron chi connectivity index (χ2n) is 3.32. The van der Waals surface area contributed by atoms with E-state index < -0.39 is 0 Å². The summed E-state index contributed by atoms with van der Waals surface area (Å²) in [5.41, 5.74) is -0.000454. The second-order valence-corrected chi connectivity index (χ2v) is 3.32. The second kappa shape index (κ2) is 4.39. The van der Waals surface area contributed by atoms with Crippen LogP contribution in [0.2, 0.25) is 0 Å². The number of rotatable bonds is 2. The molecule has 0 atom stereocenters. The molecule has 0 N–H and O–H groups in total. The minimum absolute atomic E-state index is 0.000454. The van der Waals surface area contributed by atoms with Crippen LogP contribution in [0.3, 0.4) is 0 Å². The molecular weight excluding hydrogens is 182 g/mol. The van der Waals surface area contributed by atoms with Crippen molar-refractivity contribution in [3.05, 3.63) is 34.4 Å². The van der Waals surface area contributed by atoms with Crippen molar-refractivity contribution in [3.63, 3.8) is 0 Å². The lowest BCUT2D eigenvalue weighted by atomic mass is 10.3. The first kappa shape index (κ1) is 9.43. The zero-order valence-corrected chi connectivity index (χ0v) is 7.94. The largest absolute Gasteiger partial charge is 0.468 e. The fourth-order valence-electron chi connectivity index (χ4n) is 1.49. The van der Waals surface area contributed by atoms with Gasteiger partial charge in [0, 0.05) is 25.2 Å². The van der Waals surface area contributed by atoms with Crippen LogP contribution in [-0.2, 0) is 11.3 Å². The Morgan fingerprint density at radius 3 is 2.86 bits per heavy atom. The number of morpholine rings is 1. The van der Waals surface area contributed by atoms with Gasteiger partial charge in [-0.05, 0) is 0 Å². The van der Waals surface area contributed by atoms with Crippen molar-refractivity contribution in [3.8, 4) is 0 Å². The molecule has 0 aliphatic carbocycles. The van der Waals surface area contributed by atoms with Crippen LogP contribution in [0.25, 0.3) is 0 Å². The Balaban J connectivity index is 1.99. The van der Waals surface area contributed by atoms with E-state index in [0.29, 0.717) is 6.54 Å². The third kappa shape index (κ3) is 2.43. The van der Waals surface area contributed by atoms with Gasteiger partial charge in [0.1, 0.15) is 5.76 Å². The molecule has 2 heterocycles. The molecule has 2 rings (SSSR count). The first-order chi connectivity index (χ1) is 6.84. The highest BCUT2D eigenvalue weighted by Crippen LogP contribution is 2.04. The van der Waals surface area contributed by atoms with Gasteiger partial charge in [-0.1, -0.05) is 0 Å². The maximum absolute atomic E-state index is 11.0. The highest BCUT2D eigenvalue weighted by atomic mass is 16.5. The Hall–Kier alpha value is -1.13. The number of hydrogen-bond acceptors (Lipinski definition) is 4. The van der Waals surface area contributed by atoms with Crippen molar-refractivity contribution in [2.24, 2.45) is 0 Å². The molecule has 1 aromatic heterocycles. The first-order valence-electron chi connectivity index (χ1n) is 4.72.